The van der Waals surface area contributed by atoms with Crippen molar-refractivity contribution in [3.05, 3.63) is 70.8 Å². The van der Waals surface area contributed by atoms with Gasteiger partial charge < -0.3 is 5.11 Å². The molecule has 0 aliphatic heterocycles. The monoisotopic (exact) mass is 276 g/mol. The Morgan fingerprint density at radius 3 is 2.25 bits per heavy atom. The summed E-state index contributed by atoms with van der Waals surface area (Å²) < 4.78 is 26.6. The Bertz CT molecular complexity index is 564. The number of aryl methyl sites for hydroxylation is 1. The molecule has 1 N–H and O–H groups in total. The van der Waals surface area contributed by atoms with Crippen molar-refractivity contribution in [2.24, 2.45) is 0 Å². The molecule has 0 heterocycles. The molecule has 0 radical (unpaired) electrons. The molecule has 106 valence electrons. The summed E-state index contributed by atoms with van der Waals surface area (Å²) in [7, 11) is 0. The van der Waals surface area contributed by atoms with Crippen LogP contribution in [0.3, 0.4) is 0 Å². The maximum Gasteiger partial charge on any atom is 0.162 e. The fourth-order valence-electron chi connectivity index (χ4n) is 2.22. The fraction of sp³-hybridized carbons (Fsp3) is 0.294. The second-order valence-corrected chi connectivity index (χ2v) is 4.95. The van der Waals surface area contributed by atoms with Crippen molar-refractivity contribution in [3.63, 3.8) is 0 Å². The van der Waals surface area contributed by atoms with Crippen LogP contribution in [0.2, 0.25) is 0 Å². The molecule has 0 aromatic heterocycles. The molecular formula is C17H18F2O. The highest BCUT2D eigenvalue weighted by molar-refractivity contribution is 5.24. The molecule has 1 nitrogen and oxygen atoms in total. The number of hydrogen-bond donors (Lipinski definition) is 1. The van der Waals surface area contributed by atoms with Gasteiger partial charge in [-0.25, -0.2) is 8.78 Å². The van der Waals surface area contributed by atoms with Gasteiger partial charge in [-0.2, -0.15) is 0 Å². The molecule has 2 aromatic rings. The normalized spacial score (nSPS) is 12.4. The van der Waals surface area contributed by atoms with Crippen LogP contribution < -0.4 is 0 Å². The van der Waals surface area contributed by atoms with Gasteiger partial charge in [-0.05, 0) is 35.6 Å². The minimum Gasteiger partial charge on any atom is -0.392 e. The smallest absolute Gasteiger partial charge is 0.162 e. The van der Waals surface area contributed by atoms with Gasteiger partial charge in [0.05, 0.1) is 6.10 Å². The molecular weight excluding hydrogens is 258 g/mol. The Morgan fingerprint density at radius 1 is 0.950 bits per heavy atom. The third-order valence-electron chi connectivity index (χ3n) is 3.39. The minimum atomic E-state index is -0.873. The van der Waals surface area contributed by atoms with E-state index in [2.05, 4.69) is 6.92 Å². The summed E-state index contributed by atoms with van der Waals surface area (Å²) in [5, 5.41) is 10.0. The summed E-state index contributed by atoms with van der Waals surface area (Å²) in [6, 6.07) is 12.0. The lowest BCUT2D eigenvalue weighted by atomic mass is 10.00. The van der Waals surface area contributed by atoms with Gasteiger partial charge in [-0.3, -0.25) is 0 Å². The molecule has 2 aromatic carbocycles. The molecule has 3 heteroatoms. The molecule has 20 heavy (non-hydrogen) atoms. The molecule has 0 aliphatic rings. The van der Waals surface area contributed by atoms with Crippen LogP contribution >= 0.6 is 0 Å². The summed E-state index contributed by atoms with van der Waals surface area (Å²) in [5.74, 6) is -1.74. The lowest BCUT2D eigenvalue weighted by Gasteiger charge is -2.12. The summed E-state index contributed by atoms with van der Waals surface area (Å²) >= 11 is 0. The van der Waals surface area contributed by atoms with Crippen LogP contribution in [-0.2, 0) is 19.3 Å². The van der Waals surface area contributed by atoms with E-state index in [4.69, 9.17) is 0 Å². The standard InChI is InChI=1S/C17H18F2O/c1-2-12-6-8-13(9-7-12)10-15(20)11-14-4-3-5-16(18)17(14)19/h3-9,15,20H,2,10-11H2,1H3. The van der Waals surface area contributed by atoms with Crippen molar-refractivity contribution >= 4 is 0 Å². The van der Waals surface area contributed by atoms with Gasteiger partial charge in [0, 0.05) is 6.42 Å². The average molecular weight is 276 g/mol. The Kier molecular flexibility index (Phi) is 4.85. The molecule has 0 bridgehead atoms. The van der Waals surface area contributed by atoms with Crippen LogP contribution in [-0.4, -0.2) is 11.2 Å². The molecule has 0 saturated heterocycles. The lowest BCUT2D eigenvalue weighted by Crippen LogP contribution is -2.15. The molecule has 1 atom stereocenters. The highest BCUT2D eigenvalue weighted by Crippen LogP contribution is 2.15. The Labute approximate surface area is 117 Å². The summed E-state index contributed by atoms with van der Waals surface area (Å²) in [5.41, 5.74) is 2.44. The van der Waals surface area contributed by atoms with Crippen molar-refractivity contribution in [2.75, 3.05) is 0 Å². The summed E-state index contributed by atoms with van der Waals surface area (Å²) in [4.78, 5) is 0. The van der Waals surface area contributed by atoms with Gasteiger partial charge in [0.1, 0.15) is 0 Å². The van der Waals surface area contributed by atoms with Gasteiger partial charge in [0.15, 0.2) is 11.6 Å². The Morgan fingerprint density at radius 2 is 1.60 bits per heavy atom. The molecule has 0 aliphatic carbocycles. The number of rotatable bonds is 5. The van der Waals surface area contributed by atoms with E-state index < -0.39 is 17.7 Å². The maximum atomic E-state index is 13.5. The van der Waals surface area contributed by atoms with E-state index in [1.54, 1.807) is 0 Å². The number of aliphatic hydroxyl groups is 1. The van der Waals surface area contributed by atoms with Crippen LogP contribution in [0, 0.1) is 11.6 Å². The first-order chi connectivity index (χ1) is 9.60. The zero-order valence-electron chi connectivity index (χ0n) is 11.4. The average Bonchev–Trinajstić information content (AvgIpc) is 2.45. The number of hydrogen-bond acceptors (Lipinski definition) is 1. The predicted octanol–water partition coefficient (Wildman–Crippen LogP) is 3.67. The third-order valence-corrected chi connectivity index (χ3v) is 3.39. The SMILES string of the molecule is CCc1ccc(CC(O)Cc2cccc(F)c2F)cc1. The zero-order valence-corrected chi connectivity index (χ0v) is 11.4. The number of halogens is 2. The van der Waals surface area contributed by atoms with E-state index in [0.29, 0.717) is 6.42 Å². The highest BCUT2D eigenvalue weighted by atomic mass is 19.2. The highest BCUT2D eigenvalue weighted by Gasteiger charge is 2.13. The van der Waals surface area contributed by atoms with Gasteiger partial charge in [-0.1, -0.05) is 43.3 Å². The van der Waals surface area contributed by atoms with E-state index >= 15 is 0 Å². The molecule has 0 spiro atoms. The number of aliphatic hydroxyl groups excluding tert-OH is 1. The Hall–Kier alpha value is -1.74. The van der Waals surface area contributed by atoms with E-state index in [0.717, 1.165) is 18.1 Å². The van der Waals surface area contributed by atoms with E-state index in [9.17, 15) is 13.9 Å². The first-order valence-electron chi connectivity index (χ1n) is 6.79. The van der Waals surface area contributed by atoms with Crippen LogP contribution in [0.5, 0.6) is 0 Å². The third kappa shape index (κ3) is 3.64. The second-order valence-electron chi connectivity index (χ2n) is 4.95. The van der Waals surface area contributed by atoms with Crippen molar-refractivity contribution in [1.29, 1.82) is 0 Å². The predicted molar refractivity (Wildman–Crippen MR) is 75.6 cm³/mol. The van der Waals surface area contributed by atoms with Crippen LogP contribution in [0.4, 0.5) is 8.78 Å². The van der Waals surface area contributed by atoms with Crippen molar-refractivity contribution < 1.29 is 13.9 Å². The molecule has 0 fully saturated rings. The van der Waals surface area contributed by atoms with E-state index in [1.165, 1.54) is 17.7 Å². The van der Waals surface area contributed by atoms with Crippen molar-refractivity contribution in [1.82, 2.24) is 0 Å². The quantitative estimate of drug-likeness (QED) is 0.883. The van der Waals surface area contributed by atoms with Gasteiger partial charge in [0.2, 0.25) is 0 Å². The minimum absolute atomic E-state index is 0.110. The largest absolute Gasteiger partial charge is 0.392 e. The molecule has 2 rings (SSSR count). The van der Waals surface area contributed by atoms with E-state index in [-0.39, 0.29) is 12.0 Å². The first kappa shape index (κ1) is 14.7. The topological polar surface area (TPSA) is 20.2 Å². The Balaban J connectivity index is 2.01. The second kappa shape index (κ2) is 6.62. The summed E-state index contributed by atoms with van der Waals surface area (Å²) in [6.07, 6.45) is 0.787. The van der Waals surface area contributed by atoms with Crippen molar-refractivity contribution in [3.8, 4) is 0 Å². The van der Waals surface area contributed by atoms with Gasteiger partial charge >= 0.3 is 0 Å². The van der Waals surface area contributed by atoms with Crippen LogP contribution in [0.1, 0.15) is 23.6 Å². The maximum absolute atomic E-state index is 13.5. The van der Waals surface area contributed by atoms with E-state index in [1.807, 2.05) is 24.3 Å². The molecule has 0 amide bonds. The van der Waals surface area contributed by atoms with Crippen molar-refractivity contribution in [2.45, 2.75) is 32.3 Å². The zero-order chi connectivity index (χ0) is 14.5. The molecule has 1 unspecified atom stereocenters. The van der Waals surface area contributed by atoms with Gasteiger partial charge in [-0.15, -0.1) is 0 Å². The summed E-state index contributed by atoms with van der Waals surface area (Å²) in [6.45, 7) is 2.08. The van der Waals surface area contributed by atoms with Crippen LogP contribution in [0.15, 0.2) is 42.5 Å². The van der Waals surface area contributed by atoms with Gasteiger partial charge in [0.25, 0.3) is 0 Å². The van der Waals surface area contributed by atoms with Crippen LogP contribution in [0.25, 0.3) is 0 Å². The number of benzene rings is 2. The molecule has 0 saturated carbocycles. The first-order valence-corrected chi connectivity index (χ1v) is 6.79. The fourth-order valence-corrected chi connectivity index (χ4v) is 2.22. The lowest BCUT2D eigenvalue weighted by molar-refractivity contribution is 0.174.